The van der Waals surface area contributed by atoms with Gasteiger partial charge in [-0.3, -0.25) is 0 Å². The van der Waals surface area contributed by atoms with E-state index in [0.717, 1.165) is 32.3 Å². The van der Waals surface area contributed by atoms with Crippen molar-refractivity contribution >= 4 is 37.5 Å². The smallest absolute Gasteiger partial charge is 0.126 e. The van der Waals surface area contributed by atoms with E-state index in [1.54, 1.807) is 7.11 Å². The van der Waals surface area contributed by atoms with E-state index in [9.17, 15) is 0 Å². The van der Waals surface area contributed by atoms with Crippen LogP contribution in [0.1, 0.15) is 5.56 Å². The van der Waals surface area contributed by atoms with Crippen molar-refractivity contribution in [2.75, 3.05) is 7.11 Å². The van der Waals surface area contributed by atoms with Gasteiger partial charge < -0.3 is 9.47 Å². The lowest BCUT2D eigenvalue weighted by atomic mass is 10.0. The van der Waals surface area contributed by atoms with Gasteiger partial charge in [0.1, 0.15) is 18.1 Å². The first-order valence-electron chi connectivity index (χ1n) is 8.11. The van der Waals surface area contributed by atoms with E-state index in [1.807, 2.05) is 30.3 Å². The van der Waals surface area contributed by atoms with Crippen LogP contribution in [0.25, 0.3) is 21.5 Å². The third-order valence-electron chi connectivity index (χ3n) is 4.37. The van der Waals surface area contributed by atoms with Crippen LogP contribution in [0.3, 0.4) is 0 Å². The molecular weight excluding hydrogens is 376 g/mol. The van der Waals surface area contributed by atoms with Gasteiger partial charge in [0.15, 0.2) is 0 Å². The number of ether oxygens (including phenoxy) is 2. The predicted molar refractivity (Wildman–Crippen MR) is 106 cm³/mol. The molecule has 4 aromatic rings. The molecule has 0 saturated carbocycles. The number of hydrogen-bond donors (Lipinski definition) is 0. The largest absolute Gasteiger partial charge is 0.496 e. The Morgan fingerprint density at radius 2 is 1.60 bits per heavy atom. The highest BCUT2D eigenvalue weighted by Crippen LogP contribution is 2.31. The third-order valence-corrected chi connectivity index (χ3v) is 4.87. The molecule has 124 valence electrons. The first-order chi connectivity index (χ1) is 12.2. The lowest BCUT2D eigenvalue weighted by molar-refractivity contribution is 0.299. The fraction of sp³-hybridized carbons (Fsp3) is 0.0909. The minimum atomic E-state index is 0.459. The van der Waals surface area contributed by atoms with Crippen molar-refractivity contribution < 1.29 is 9.47 Å². The fourth-order valence-electron chi connectivity index (χ4n) is 3.10. The lowest BCUT2D eigenvalue weighted by Gasteiger charge is -2.14. The van der Waals surface area contributed by atoms with E-state index < -0.39 is 0 Å². The highest BCUT2D eigenvalue weighted by Gasteiger charge is 2.10. The van der Waals surface area contributed by atoms with Gasteiger partial charge in [0.25, 0.3) is 0 Å². The van der Waals surface area contributed by atoms with E-state index in [2.05, 4.69) is 58.4 Å². The summed E-state index contributed by atoms with van der Waals surface area (Å²) in [5.41, 5.74) is 1.06. The van der Waals surface area contributed by atoms with E-state index in [0.29, 0.717) is 6.61 Å². The summed E-state index contributed by atoms with van der Waals surface area (Å²) in [6.07, 6.45) is 0. The van der Waals surface area contributed by atoms with Gasteiger partial charge >= 0.3 is 0 Å². The van der Waals surface area contributed by atoms with Crippen LogP contribution in [-0.4, -0.2) is 7.11 Å². The Morgan fingerprint density at radius 3 is 2.44 bits per heavy atom. The molecule has 0 aliphatic rings. The standard InChI is InChI=1S/C22H17BrO2/c1-24-22-11-7-17-12-18(23)8-10-20(17)21(22)14-25-19-9-6-15-4-2-3-5-16(15)13-19/h2-13H,14H2,1H3. The Labute approximate surface area is 155 Å². The summed E-state index contributed by atoms with van der Waals surface area (Å²) in [5, 5.41) is 4.69. The van der Waals surface area contributed by atoms with Gasteiger partial charge in [-0.15, -0.1) is 0 Å². The second kappa shape index (κ2) is 6.77. The summed E-state index contributed by atoms with van der Waals surface area (Å²) in [5.74, 6) is 1.70. The molecule has 2 nitrogen and oxygen atoms in total. The van der Waals surface area contributed by atoms with E-state index in [4.69, 9.17) is 9.47 Å². The molecule has 3 heteroatoms. The van der Waals surface area contributed by atoms with Gasteiger partial charge in [0.2, 0.25) is 0 Å². The minimum absolute atomic E-state index is 0.459. The van der Waals surface area contributed by atoms with Crippen LogP contribution < -0.4 is 9.47 Å². The van der Waals surface area contributed by atoms with Crippen molar-refractivity contribution in [3.8, 4) is 11.5 Å². The molecule has 25 heavy (non-hydrogen) atoms. The molecule has 4 rings (SSSR count). The van der Waals surface area contributed by atoms with Gasteiger partial charge in [0.05, 0.1) is 7.11 Å². The van der Waals surface area contributed by atoms with Crippen molar-refractivity contribution in [2.45, 2.75) is 6.61 Å². The summed E-state index contributed by atoms with van der Waals surface area (Å²) >= 11 is 3.53. The average molecular weight is 393 g/mol. The molecule has 0 aromatic heterocycles. The van der Waals surface area contributed by atoms with Crippen LogP contribution in [0, 0.1) is 0 Å². The summed E-state index contributed by atoms with van der Waals surface area (Å²) in [4.78, 5) is 0. The fourth-order valence-corrected chi connectivity index (χ4v) is 3.48. The molecule has 0 fully saturated rings. The molecule has 0 aliphatic carbocycles. The zero-order chi connectivity index (χ0) is 17.2. The molecule has 0 radical (unpaired) electrons. The SMILES string of the molecule is COc1ccc2cc(Br)ccc2c1COc1ccc2ccccc2c1. The summed E-state index contributed by atoms with van der Waals surface area (Å²) in [7, 11) is 1.69. The maximum atomic E-state index is 6.09. The highest BCUT2D eigenvalue weighted by molar-refractivity contribution is 9.10. The number of methoxy groups -OCH3 is 1. The number of rotatable bonds is 4. The van der Waals surface area contributed by atoms with Gasteiger partial charge in [0, 0.05) is 10.0 Å². The molecule has 0 heterocycles. The second-order valence-corrected chi connectivity index (χ2v) is 6.83. The van der Waals surface area contributed by atoms with Crippen molar-refractivity contribution in [3.05, 3.63) is 82.8 Å². The molecule has 0 unspecified atom stereocenters. The molecule has 0 atom stereocenters. The van der Waals surface area contributed by atoms with Gasteiger partial charge in [-0.1, -0.05) is 58.4 Å². The zero-order valence-corrected chi connectivity index (χ0v) is 15.4. The predicted octanol–water partition coefficient (Wildman–Crippen LogP) is 6.34. The minimum Gasteiger partial charge on any atom is -0.496 e. The monoisotopic (exact) mass is 392 g/mol. The number of halogens is 1. The van der Waals surface area contributed by atoms with Crippen LogP contribution in [0.4, 0.5) is 0 Å². The normalized spacial score (nSPS) is 11.0. The van der Waals surface area contributed by atoms with Crippen LogP contribution in [0.5, 0.6) is 11.5 Å². The molecule has 0 N–H and O–H groups in total. The van der Waals surface area contributed by atoms with Crippen molar-refractivity contribution in [1.82, 2.24) is 0 Å². The van der Waals surface area contributed by atoms with Crippen molar-refractivity contribution in [1.29, 1.82) is 0 Å². The Kier molecular flexibility index (Phi) is 4.33. The lowest BCUT2D eigenvalue weighted by Crippen LogP contribution is -2.00. The highest BCUT2D eigenvalue weighted by atomic mass is 79.9. The molecule has 0 bridgehead atoms. The Morgan fingerprint density at radius 1 is 0.800 bits per heavy atom. The van der Waals surface area contributed by atoms with Gasteiger partial charge in [-0.25, -0.2) is 0 Å². The third kappa shape index (κ3) is 3.20. The number of hydrogen-bond acceptors (Lipinski definition) is 2. The summed E-state index contributed by atoms with van der Waals surface area (Å²) in [6, 6.07) is 24.8. The second-order valence-electron chi connectivity index (χ2n) is 5.91. The number of benzene rings is 4. The van der Waals surface area contributed by atoms with Gasteiger partial charge in [-0.05, 0) is 51.9 Å². The Balaban J connectivity index is 1.69. The van der Waals surface area contributed by atoms with Crippen LogP contribution in [-0.2, 0) is 6.61 Å². The molecule has 0 spiro atoms. The first-order valence-corrected chi connectivity index (χ1v) is 8.90. The van der Waals surface area contributed by atoms with E-state index >= 15 is 0 Å². The maximum absolute atomic E-state index is 6.09. The van der Waals surface area contributed by atoms with Crippen molar-refractivity contribution in [2.24, 2.45) is 0 Å². The molecule has 4 aromatic carbocycles. The molecular formula is C22H17BrO2. The van der Waals surface area contributed by atoms with Crippen LogP contribution in [0.2, 0.25) is 0 Å². The quantitative estimate of drug-likeness (QED) is 0.403. The average Bonchev–Trinajstić information content (AvgIpc) is 2.65. The van der Waals surface area contributed by atoms with Crippen molar-refractivity contribution in [3.63, 3.8) is 0 Å². The Hall–Kier alpha value is -2.52. The topological polar surface area (TPSA) is 18.5 Å². The molecule has 0 amide bonds. The van der Waals surface area contributed by atoms with E-state index in [1.165, 1.54) is 10.8 Å². The Bertz CT molecular complexity index is 1060. The zero-order valence-electron chi connectivity index (χ0n) is 13.8. The van der Waals surface area contributed by atoms with E-state index in [-0.39, 0.29) is 0 Å². The summed E-state index contributed by atoms with van der Waals surface area (Å²) in [6.45, 7) is 0.459. The van der Waals surface area contributed by atoms with Crippen LogP contribution >= 0.6 is 15.9 Å². The maximum Gasteiger partial charge on any atom is 0.126 e. The first kappa shape index (κ1) is 16.0. The number of fused-ring (bicyclic) bond motifs is 2. The van der Waals surface area contributed by atoms with Crippen LogP contribution in [0.15, 0.2) is 77.3 Å². The molecule has 0 saturated heterocycles. The summed E-state index contributed by atoms with van der Waals surface area (Å²) < 4.78 is 12.7. The van der Waals surface area contributed by atoms with Gasteiger partial charge in [-0.2, -0.15) is 0 Å². The molecule has 0 aliphatic heterocycles.